The zero-order valence-corrected chi connectivity index (χ0v) is 11.0. The minimum absolute atomic E-state index is 0.196. The van der Waals surface area contributed by atoms with Gasteiger partial charge in [0.05, 0.1) is 7.11 Å². The molecule has 0 radical (unpaired) electrons. The van der Waals surface area contributed by atoms with Gasteiger partial charge in [-0.2, -0.15) is 0 Å². The number of nitrogens with two attached hydrogens (primary N) is 1. The molecule has 0 bridgehead atoms. The van der Waals surface area contributed by atoms with Crippen molar-refractivity contribution >= 4 is 0 Å². The first-order valence-corrected chi connectivity index (χ1v) is 6.40. The van der Waals surface area contributed by atoms with Crippen molar-refractivity contribution in [2.75, 3.05) is 20.2 Å². The molecule has 0 saturated carbocycles. The Morgan fingerprint density at radius 1 is 1.56 bits per heavy atom. The second-order valence-electron chi connectivity index (χ2n) is 5.10. The van der Waals surface area contributed by atoms with Crippen LogP contribution in [0.4, 0.5) is 4.39 Å². The molecule has 0 amide bonds. The topological polar surface area (TPSA) is 38.5 Å². The van der Waals surface area contributed by atoms with Gasteiger partial charge < -0.3 is 10.5 Å². The average Bonchev–Trinajstić information content (AvgIpc) is 2.80. The molecule has 1 aromatic carbocycles. The Kier molecular flexibility index (Phi) is 4.19. The Bertz CT molecular complexity index is 409. The maximum atomic E-state index is 13.8. The van der Waals surface area contributed by atoms with E-state index in [0.29, 0.717) is 18.2 Å². The van der Waals surface area contributed by atoms with Gasteiger partial charge in [0.15, 0.2) is 0 Å². The van der Waals surface area contributed by atoms with Crippen LogP contribution in [0.25, 0.3) is 0 Å². The van der Waals surface area contributed by atoms with Crippen molar-refractivity contribution in [3.8, 4) is 5.75 Å². The van der Waals surface area contributed by atoms with E-state index >= 15 is 0 Å². The van der Waals surface area contributed by atoms with Gasteiger partial charge in [-0.25, -0.2) is 4.39 Å². The highest BCUT2D eigenvalue weighted by molar-refractivity contribution is 5.28. The molecule has 18 heavy (non-hydrogen) atoms. The van der Waals surface area contributed by atoms with Crippen LogP contribution in [0, 0.1) is 11.7 Å². The van der Waals surface area contributed by atoms with Crippen LogP contribution in [0.5, 0.6) is 5.75 Å². The highest BCUT2D eigenvalue weighted by Gasteiger charge is 2.25. The highest BCUT2D eigenvalue weighted by atomic mass is 19.1. The molecule has 3 nitrogen and oxygen atoms in total. The van der Waals surface area contributed by atoms with Gasteiger partial charge in [-0.1, -0.05) is 6.07 Å². The number of ether oxygens (including phenoxy) is 1. The fraction of sp³-hybridized carbons (Fsp3) is 0.571. The maximum absolute atomic E-state index is 13.8. The number of nitrogens with zero attached hydrogens (tertiary/aromatic N) is 1. The molecular formula is C14H21FN2O. The summed E-state index contributed by atoms with van der Waals surface area (Å²) in [7, 11) is 1.54. The van der Waals surface area contributed by atoms with Gasteiger partial charge in [0, 0.05) is 30.8 Å². The zero-order valence-electron chi connectivity index (χ0n) is 11.0. The molecule has 0 spiro atoms. The molecule has 1 aliphatic rings. The van der Waals surface area contributed by atoms with Crippen molar-refractivity contribution in [2.45, 2.75) is 25.9 Å². The van der Waals surface area contributed by atoms with Crippen LogP contribution < -0.4 is 10.5 Å². The SMILES string of the molecule is COc1ccc(CN2CCC(C(C)N)C2)c(F)c1. The van der Waals surface area contributed by atoms with Gasteiger partial charge in [-0.05, 0) is 31.9 Å². The number of methoxy groups -OCH3 is 1. The summed E-state index contributed by atoms with van der Waals surface area (Å²) in [6, 6.07) is 5.26. The summed E-state index contributed by atoms with van der Waals surface area (Å²) in [5.74, 6) is 0.899. The summed E-state index contributed by atoms with van der Waals surface area (Å²) in [6.07, 6.45) is 1.11. The monoisotopic (exact) mass is 252 g/mol. The van der Waals surface area contributed by atoms with Crippen LogP contribution in [0.1, 0.15) is 18.9 Å². The lowest BCUT2D eigenvalue weighted by Gasteiger charge is -2.18. The summed E-state index contributed by atoms with van der Waals surface area (Å²) >= 11 is 0. The molecule has 1 heterocycles. The first kappa shape index (κ1) is 13.3. The van der Waals surface area contributed by atoms with E-state index in [0.717, 1.165) is 25.1 Å². The van der Waals surface area contributed by atoms with Crippen molar-refractivity contribution in [1.82, 2.24) is 4.90 Å². The summed E-state index contributed by atoms with van der Waals surface area (Å²) in [5, 5.41) is 0. The molecule has 1 aliphatic heterocycles. The van der Waals surface area contributed by atoms with Crippen LogP contribution in [0.3, 0.4) is 0 Å². The molecule has 0 aromatic heterocycles. The minimum atomic E-state index is -0.196. The van der Waals surface area contributed by atoms with E-state index < -0.39 is 0 Å². The summed E-state index contributed by atoms with van der Waals surface area (Å²) in [4.78, 5) is 2.26. The third kappa shape index (κ3) is 3.00. The molecule has 2 rings (SSSR count). The molecule has 0 aliphatic carbocycles. The first-order valence-electron chi connectivity index (χ1n) is 6.40. The quantitative estimate of drug-likeness (QED) is 0.890. The Hall–Kier alpha value is -1.13. The summed E-state index contributed by atoms with van der Waals surface area (Å²) in [6.45, 7) is 4.65. The van der Waals surface area contributed by atoms with E-state index in [-0.39, 0.29) is 11.9 Å². The number of hydrogen-bond donors (Lipinski definition) is 1. The average molecular weight is 252 g/mol. The van der Waals surface area contributed by atoms with Crippen molar-refractivity contribution in [3.63, 3.8) is 0 Å². The molecule has 2 unspecified atom stereocenters. The summed E-state index contributed by atoms with van der Waals surface area (Å²) in [5.41, 5.74) is 6.63. The zero-order chi connectivity index (χ0) is 13.1. The lowest BCUT2D eigenvalue weighted by Crippen LogP contribution is -2.29. The van der Waals surface area contributed by atoms with E-state index in [9.17, 15) is 4.39 Å². The van der Waals surface area contributed by atoms with Crippen molar-refractivity contribution in [1.29, 1.82) is 0 Å². The van der Waals surface area contributed by atoms with Gasteiger partial charge in [0.1, 0.15) is 11.6 Å². The number of halogens is 1. The predicted molar refractivity (Wildman–Crippen MR) is 70.0 cm³/mol. The smallest absolute Gasteiger partial charge is 0.131 e. The third-order valence-corrected chi connectivity index (χ3v) is 3.71. The van der Waals surface area contributed by atoms with Crippen molar-refractivity contribution in [2.24, 2.45) is 11.7 Å². The van der Waals surface area contributed by atoms with Gasteiger partial charge in [0.2, 0.25) is 0 Å². The number of likely N-dealkylation sites (tertiary alicyclic amines) is 1. The normalized spacial score (nSPS) is 22.1. The van der Waals surface area contributed by atoms with Crippen molar-refractivity contribution < 1.29 is 9.13 Å². The number of benzene rings is 1. The molecule has 1 fully saturated rings. The van der Waals surface area contributed by atoms with E-state index in [1.54, 1.807) is 19.2 Å². The molecule has 100 valence electrons. The third-order valence-electron chi connectivity index (χ3n) is 3.71. The largest absolute Gasteiger partial charge is 0.497 e. The van der Waals surface area contributed by atoms with E-state index in [1.807, 2.05) is 6.92 Å². The van der Waals surface area contributed by atoms with Crippen LogP contribution >= 0.6 is 0 Å². The highest BCUT2D eigenvalue weighted by Crippen LogP contribution is 2.23. The molecule has 1 aromatic rings. The maximum Gasteiger partial charge on any atom is 0.131 e. The lowest BCUT2D eigenvalue weighted by molar-refractivity contribution is 0.303. The molecule has 4 heteroatoms. The Morgan fingerprint density at radius 2 is 2.33 bits per heavy atom. The van der Waals surface area contributed by atoms with E-state index in [2.05, 4.69) is 4.90 Å². The second-order valence-corrected chi connectivity index (χ2v) is 5.10. The molecular weight excluding hydrogens is 231 g/mol. The molecule has 1 saturated heterocycles. The van der Waals surface area contributed by atoms with Gasteiger partial charge in [-0.3, -0.25) is 4.90 Å². The van der Waals surface area contributed by atoms with Crippen LogP contribution in [0.2, 0.25) is 0 Å². The first-order chi connectivity index (χ1) is 8.60. The van der Waals surface area contributed by atoms with Crippen LogP contribution in [-0.4, -0.2) is 31.1 Å². The van der Waals surface area contributed by atoms with Gasteiger partial charge >= 0.3 is 0 Å². The second kappa shape index (κ2) is 5.67. The Balaban J connectivity index is 1.98. The lowest BCUT2D eigenvalue weighted by atomic mass is 10.0. The van der Waals surface area contributed by atoms with E-state index in [4.69, 9.17) is 10.5 Å². The summed E-state index contributed by atoms with van der Waals surface area (Å²) < 4.78 is 18.8. The minimum Gasteiger partial charge on any atom is -0.497 e. The molecule has 2 atom stereocenters. The number of hydrogen-bond acceptors (Lipinski definition) is 3. The standard InChI is InChI=1S/C14H21FN2O/c1-10(16)11-5-6-17(8-11)9-12-3-4-13(18-2)7-14(12)15/h3-4,7,10-11H,5-6,8-9,16H2,1-2H3. The van der Waals surface area contributed by atoms with Gasteiger partial charge in [-0.15, -0.1) is 0 Å². The van der Waals surface area contributed by atoms with E-state index in [1.165, 1.54) is 6.07 Å². The Morgan fingerprint density at radius 3 is 2.89 bits per heavy atom. The predicted octanol–water partition coefficient (Wildman–Crippen LogP) is 2.00. The fourth-order valence-corrected chi connectivity index (χ4v) is 2.46. The Labute approximate surface area is 108 Å². The van der Waals surface area contributed by atoms with Crippen molar-refractivity contribution in [3.05, 3.63) is 29.6 Å². The molecule has 2 N–H and O–H groups in total. The number of rotatable bonds is 4. The fourth-order valence-electron chi connectivity index (χ4n) is 2.46. The van der Waals surface area contributed by atoms with Gasteiger partial charge in [0.25, 0.3) is 0 Å². The van der Waals surface area contributed by atoms with Crippen LogP contribution in [-0.2, 0) is 6.54 Å². The van der Waals surface area contributed by atoms with Crippen LogP contribution in [0.15, 0.2) is 18.2 Å².